The predicted molar refractivity (Wildman–Crippen MR) is 106 cm³/mol. The van der Waals surface area contributed by atoms with Gasteiger partial charge in [-0.2, -0.15) is 0 Å². The van der Waals surface area contributed by atoms with Gasteiger partial charge in [-0.25, -0.2) is 0 Å². The summed E-state index contributed by atoms with van der Waals surface area (Å²) in [6.07, 6.45) is 4.12. The summed E-state index contributed by atoms with van der Waals surface area (Å²) >= 11 is 0. The van der Waals surface area contributed by atoms with Gasteiger partial charge < -0.3 is 10.6 Å². The maximum Gasteiger partial charge on any atom is 0.0678 e. The van der Waals surface area contributed by atoms with E-state index in [4.69, 9.17) is 5.73 Å². The lowest BCUT2D eigenvalue weighted by Gasteiger charge is -2.38. The van der Waals surface area contributed by atoms with E-state index in [0.29, 0.717) is 17.7 Å². The number of hydrogen-bond acceptors (Lipinski definition) is 3. The van der Waals surface area contributed by atoms with Gasteiger partial charge in [0.25, 0.3) is 0 Å². The first kappa shape index (κ1) is 19.4. The second-order valence-corrected chi connectivity index (χ2v) is 7.22. The van der Waals surface area contributed by atoms with Gasteiger partial charge in [-0.15, -0.1) is 9.24 Å². The Morgan fingerprint density at radius 3 is 2.30 bits per heavy atom. The number of hydrogen-bond donors (Lipinski definition) is 1. The molecule has 2 unspecified atom stereocenters. The molecule has 2 N–H and O–H groups in total. The van der Waals surface area contributed by atoms with Crippen molar-refractivity contribution < 1.29 is 0 Å². The molecule has 0 amide bonds. The monoisotopic (exact) mass is 331 g/mol. The van der Waals surface area contributed by atoms with Crippen LogP contribution in [0.15, 0.2) is 63.9 Å². The number of aliphatic imine (C=N–C) groups is 1. The van der Waals surface area contributed by atoms with Gasteiger partial charge in [-0.05, 0) is 38.1 Å². The standard InChI is InChI=1S/C19H30N3P/c1-11(2)9-17(21-8)16-10-22(13(5)12(3)4)14(6)18(15(7)23)19(16)20/h9-10,12-13H,6-7,20,23H2,1-5,8H3. The fourth-order valence-electron chi connectivity index (χ4n) is 2.49. The molecule has 0 radical (unpaired) electrons. The Morgan fingerprint density at radius 1 is 1.35 bits per heavy atom. The van der Waals surface area contributed by atoms with E-state index in [2.05, 4.69) is 73.1 Å². The highest BCUT2D eigenvalue weighted by Crippen LogP contribution is 2.36. The van der Waals surface area contributed by atoms with Crippen LogP contribution < -0.4 is 5.73 Å². The lowest BCUT2D eigenvalue weighted by atomic mass is 9.93. The van der Waals surface area contributed by atoms with E-state index in [0.717, 1.165) is 27.9 Å². The third-order valence-electron chi connectivity index (χ3n) is 4.09. The van der Waals surface area contributed by atoms with E-state index in [1.807, 2.05) is 6.08 Å². The van der Waals surface area contributed by atoms with Crippen molar-refractivity contribution in [2.75, 3.05) is 7.05 Å². The molecule has 0 fully saturated rings. The zero-order valence-corrected chi connectivity index (χ0v) is 16.4. The second kappa shape index (κ2) is 7.79. The molecule has 0 bridgehead atoms. The van der Waals surface area contributed by atoms with E-state index < -0.39 is 0 Å². The second-order valence-electron chi connectivity index (χ2n) is 6.53. The van der Waals surface area contributed by atoms with E-state index in [9.17, 15) is 0 Å². The van der Waals surface area contributed by atoms with Crippen molar-refractivity contribution in [3.05, 3.63) is 58.9 Å². The molecule has 1 rings (SSSR count). The summed E-state index contributed by atoms with van der Waals surface area (Å²) in [7, 11) is 4.43. The minimum Gasteiger partial charge on any atom is -0.398 e. The number of rotatable bonds is 5. The van der Waals surface area contributed by atoms with Gasteiger partial charge in [-0.3, -0.25) is 4.99 Å². The van der Waals surface area contributed by atoms with Crippen LogP contribution in [0.4, 0.5) is 0 Å². The van der Waals surface area contributed by atoms with E-state index >= 15 is 0 Å². The third kappa shape index (κ3) is 4.23. The van der Waals surface area contributed by atoms with Gasteiger partial charge in [0, 0.05) is 36.1 Å². The summed E-state index contributed by atoms with van der Waals surface area (Å²) in [5.74, 6) is 0.480. The first-order chi connectivity index (χ1) is 10.6. The van der Waals surface area contributed by atoms with Crippen molar-refractivity contribution in [1.29, 1.82) is 0 Å². The normalized spacial score (nSPS) is 17.4. The molecule has 4 heteroatoms. The van der Waals surface area contributed by atoms with Gasteiger partial charge >= 0.3 is 0 Å². The van der Waals surface area contributed by atoms with E-state index in [-0.39, 0.29) is 0 Å². The number of allylic oxidation sites excluding steroid dienone is 4. The lowest BCUT2D eigenvalue weighted by Crippen LogP contribution is -2.36. The Kier molecular flexibility index (Phi) is 6.58. The molecule has 0 saturated heterocycles. The Bertz CT molecular complexity index is 629. The van der Waals surface area contributed by atoms with Gasteiger partial charge in [0.15, 0.2) is 0 Å². The van der Waals surface area contributed by atoms with E-state index in [1.165, 1.54) is 5.57 Å². The quantitative estimate of drug-likeness (QED) is 0.600. The van der Waals surface area contributed by atoms with Gasteiger partial charge in [0.1, 0.15) is 0 Å². The molecule has 0 saturated carbocycles. The SMILES string of the molecule is C=C(P)C1=C(N)C(C(C=C(C)C)=NC)=CN(C(C)C(C)C)C1=C. The zero-order chi connectivity index (χ0) is 17.9. The molecule has 1 aliphatic rings. The van der Waals surface area contributed by atoms with Gasteiger partial charge in [0.05, 0.1) is 11.4 Å². The summed E-state index contributed by atoms with van der Waals surface area (Å²) in [4.78, 5) is 6.61. The van der Waals surface area contributed by atoms with Gasteiger partial charge in [-0.1, -0.05) is 32.6 Å². The largest absolute Gasteiger partial charge is 0.398 e. The van der Waals surface area contributed by atoms with Crippen molar-refractivity contribution in [1.82, 2.24) is 4.90 Å². The van der Waals surface area contributed by atoms with Crippen molar-refractivity contribution >= 4 is 15.0 Å². The van der Waals surface area contributed by atoms with Crippen molar-refractivity contribution in [3.8, 4) is 0 Å². The Morgan fingerprint density at radius 2 is 1.91 bits per heavy atom. The van der Waals surface area contributed by atoms with Crippen LogP contribution in [0, 0.1) is 5.92 Å². The Labute approximate surface area is 143 Å². The molecular weight excluding hydrogens is 301 g/mol. The first-order valence-electron chi connectivity index (χ1n) is 7.88. The fraction of sp³-hybridized carbons (Fsp3) is 0.421. The van der Waals surface area contributed by atoms with Crippen LogP contribution in [-0.2, 0) is 0 Å². The van der Waals surface area contributed by atoms with Crippen LogP contribution in [0.5, 0.6) is 0 Å². The Hall–Kier alpha value is -1.60. The third-order valence-corrected chi connectivity index (χ3v) is 4.38. The van der Waals surface area contributed by atoms with E-state index in [1.54, 1.807) is 7.05 Å². The Balaban J connectivity index is 3.56. The molecular formula is C19H30N3P. The molecule has 0 spiro atoms. The topological polar surface area (TPSA) is 41.6 Å². The van der Waals surface area contributed by atoms with Crippen molar-refractivity contribution in [3.63, 3.8) is 0 Å². The average Bonchev–Trinajstić information content (AvgIpc) is 2.44. The van der Waals surface area contributed by atoms with Crippen LogP contribution in [-0.4, -0.2) is 23.7 Å². The summed E-state index contributed by atoms with van der Waals surface area (Å²) in [5, 5.41) is 0.840. The smallest absolute Gasteiger partial charge is 0.0678 e. The van der Waals surface area contributed by atoms with Gasteiger partial charge in [0.2, 0.25) is 0 Å². The number of nitrogens with two attached hydrogens (primary N) is 1. The lowest BCUT2D eigenvalue weighted by molar-refractivity contribution is 0.289. The molecule has 23 heavy (non-hydrogen) atoms. The molecule has 3 nitrogen and oxygen atoms in total. The van der Waals surface area contributed by atoms with Crippen molar-refractivity contribution in [2.45, 2.75) is 40.7 Å². The van der Waals surface area contributed by atoms with Crippen LogP contribution >= 0.6 is 9.24 Å². The van der Waals surface area contributed by atoms with Crippen LogP contribution in [0.1, 0.15) is 34.6 Å². The minimum atomic E-state index is 0.301. The summed E-state index contributed by atoms with van der Waals surface area (Å²) in [6.45, 7) is 19.0. The first-order valence-corrected chi connectivity index (χ1v) is 8.45. The highest BCUT2D eigenvalue weighted by molar-refractivity contribution is 7.23. The van der Waals surface area contributed by atoms with Crippen LogP contribution in [0.2, 0.25) is 0 Å². The van der Waals surface area contributed by atoms with Crippen LogP contribution in [0.3, 0.4) is 0 Å². The summed E-state index contributed by atoms with van der Waals surface area (Å²) in [6, 6.07) is 0.301. The predicted octanol–water partition coefficient (Wildman–Crippen LogP) is 4.38. The number of nitrogens with zero attached hydrogens (tertiary/aromatic N) is 2. The molecule has 1 heterocycles. The van der Waals surface area contributed by atoms with Crippen molar-refractivity contribution in [2.24, 2.45) is 16.6 Å². The maximum absolute atomic E-state index is 6.44. The molecule has 1 aliphatic heterocycles. The highest BCUT2D eigenvalue weighted by atomic mass is 31.0. The molecule has 0 aromatic carbocycles. The average molecular weight is 331 g/mol. The summed E-state index contributed by atoms with van der Waals surface area (Å²) < 4.78 is 0. The summed E-state index contributed by atoms with van der Waals surface area (Å²) in [5.41, 5.74) is 11.9. The zero-order valence-electron chi connectivity index (χ0n) is 15.3. The fourth-order valence-corrected chi connectivity index (χ4v) is 2.81. The highest BCUT2D eigenvalue weighted by Gasteiger charge is 2.28. The molecule has 126 valence electrons. The molecule has 2 atom stereocenters. The molecule has 0 aromatic rings. The molecule has 0 aromatic heterocycles. The maximum atomic E-state index is 6.44. The van der Waals surface area contributed by atoms with Crippen LogP contribution in [0.25, 0.3) is 0 Å². The molecule has 0 aliphatic carbocycles. The minimum absolute atomic E-state index is 0.301.